The minimum Gasteiger partial charge on any atom is -0.497 e. The molecule has 0 saturated heterocycles. The Morgan fingerprint density at radius 2 is 1.74 bits per heavy atom. The average molecular weight is 267 g/mol. The zero-order chi connectivity index (χ0) is 13.2. The molecule has 1 aromatic heterocycles. The summed E-state index contributed by atoms with van der Waals surface area (Å²) in [4.78, 5) is 3.41. The van der Waals surface area contributed by atoms with Crippen molar-refractivity contribution in [1.82, 2.24) is 4.98 Å². The van der Waals surface area contributed by atoms with Crippen LogP contribution in [0.3, 0.4) is 0 Å². The Labute approximate surface area is 116 Å². The van der Waals surface area contributed by atoms with Gasteiger partial charge in [0.15, 0.2) is 0 Å². The van der Waals surface area contributed by atoms with Gasteiger partial charge < -0.3 is 9.72 Å². The van der Waals surface area contributed by atoms with Crippen LogP contribution in [-0.2, 0) is 0 Å². The lowest BCUT2D eigenvalue weighted by Crippen LogP contribution is -1.87. The van der Waals surface area contributed by atoms with E-state index in [0.717, 1.165) is 32.4 Å². The lowest BCUT2D eigenvalue weighted by molar-refractivity contribution is 0.415. The van der Waals surface area contributed by atoms with Gasteiger partial charge in [-0.2, -0.15) is 0 Å². The lowest BCUT2D eigenvalue weighted by atomic mass is 10.1. The number of hydrogen-bond donors (Lipinski definition) is 1. The molecule has 0 spiro atoms. The van der Waals surface area contributed by atoms with E-state index in [2.05, 4.69) is 4.98 Å². The Morgan fingerprint density at radius 3 is 2.47 bits per heavy atom. The monoisotopic (exact) mass is 267 g/mol. The molecule has 2 aromatic carbocycles. The molecule has 3 rings (SSSR count). The molecule has 3 aromatic rings. The summed E-state index contributed by atoms with van der Waals surface area (Å²) >= 11 is 5.45. The third-order valence-corrected chi connectivity index (χ3v) is 3.48. The molecule has 3 heteroatoms. The van der Waals surface area contributed by atoms with E-state index in [1.54, 1.807) is 7.11 Å². The van der Waals surface area contributed by atoms with Crippen LogP contribution in [0.2, 0.25) is 0 Å². The van der Waals surface area contributed by atoms with Crippen molar-refractivity contribution in [2.24, 2.45) is 0 Å². The van der Waals surface area contributed by atoms with Crippen LogP contribution < -0.4 is 4.74 Å². The first kappa shape index (κ1) is 11.9. The number of methoxy groups -OCH3 is 1. The van der Waals surface area contributed by atoms with Crippen LogP contribution in [0.15, 0.2) is 54.6 Å². The Bertz CT molecular complexity index is 775. The van der Waals surface area contributed by atoms with Crippen LogP contribution >= 0.6 is 12.2 Å². The first-order valence-corrected chi connectivity index (χ1v) is 6.45. The van der Waals surface area contributed by atoms with Crippen LogP contribution in [0, 0.1) is 4.51 Å². The molecule has 0 unspecified atom stereocenters. The van der Waals surface area contributed by atoms with Gasteiger partial charge in [-0.05, 0) is 42.0 Å². The smallest absolute Gasteiger partial charge is 0.118 e. The Morgan fingerprint density at radius 1 is 1.00 bits per heavy atom. The topological polar surface area (TPSA) is 25.0 Å². The van der Waals surface area contributed by atoms with E-state index < -0.39 is 0 Å². The van der Waals surface area contributed by atoms with Crippen molar-refractivity contribution in [3.63, 3.8) is 0 Å². The van der Waals surface area contributed by atoms with Crippen molar-refractivity contribution >= 4 is 23.1 Å². The lowest BCUT2D eigenvalue weighted by Gasteiger charge is -2.06. The average Bonchev–Trinajstić information content (AvgIpc) is 2.47. The minimum absolute atomic E-state index is 0.850. The third-order valence-electron chi connectivity index (χ3n) is 3.14. The second kappa shape index (κ2) is 4.86. The highest BCUT2D eigenvalue weighted by atomic mass is 32.1. The van der Waals surface area contributed by atoms with Crippen molar-refractivity contribution in [3.8, 4) is 17.0 Å². The molecule has 0 amide bonds. The van der Waals surface area contributed by atoms with Gasteiger partial charge in [0, 0.05) is 21.1 Å². The predicted octanol–water partition coefficient (Wildman–Crippen LogP) is 4.57. The van der Waals surface area contributed by atoms with E-state index in [1.807, 2.05) is 54.6 Å². The summed E-state index contributed by atoms with van der Waals surface area (Å²) in [6.45, 7) is 0. The molecule has 19 heavy (non-hydrogen) atoms. The molecule has 0 fully saturated rings. The van der Waals surface area contributed by atoms with Gasteiger partial charge in [-0.25, -0.2) is 0 Å². The normalized spacial score (nSPS) is 10.6. The Balaban J connectivity index is 2.16. The highest BCUT2D eigenvalue weighted by molar-refractivity contribution is 7.71. The zero-order valence-corrected chi connectivity index (χ0v) is 11.3. The van der Waals surface area contributed by atoms with E-state index in [0.29, 0.717) is 0 Å². The SMILES string of the molecule is COc1ccc(-c2cc(=S)c3ccccc3[nH]2)cc1. The molecule has 0 aliphatic heterocycles. The quantitative estimate of drug-likeness (QED) is 0.688. The van der Waals surface area contributed by atoms with E-state index in [4.69, 9.17) is 17.0 Å². The summed E-state index contributed by atoms with van der Waals surface area (Å²) in [7, 11) is 1.67. The molecule has 1 N–H and O–H groups in total. The summed E-state index contributed by atoms with van der Waals surface area (Å²) in [5.74, 6) is 0.850. The van der Waals surface area contributed by atoms with Crippen molar-refractivity contribution < 1.29 is 4.74 Å². The maximum absolute atomic E-state index is 5.45. The molecule has 1 heterocycles. The number of para-hydroxylation sites is 1. The van der Waals surface area contributed by atoms with Crippen LogP contribution in [0.25, 0.3) is 22.2 Å². The molecule has 0 bridgehead atoms. The van der Waals surface area contributed by atoms with Gasteiger partial charge in [0.25, 0.3) is 0 Å². The van der Waals surface area contributed by atoms with Crippen molar-refractivity contribution in [2.75, 3.05) is 7.11 Å². The number of hydrogen-bond acceptors (Lipinski definition) is 2. The summed E-state index contributed by atoms with van der Waals surface area (Å²) in [6, 6.07) is 18.0. The molecule has 0 atom stereocenters. The molecular weight excluding hydrogens is 254 g/mol. The standard InChI is InChI=1S/C16H13NOS/c1-18-12-8-6-11(7-9-12)15-10-16(19)13-4-2-3-5-14(13)17-15/h2-10H,1H3,(H,17,19). The number of fused-ring (bicyclic) bond motifs is 1. The number of ether oxygens (including phenoxy) is 1. The minimum atomic E-state index is 0.850. The highest BCUT2D eigenvalue weighted by Crippen LogP contribution is 2.24. The van der Waals surface area contributed by atoms with Crippen LogP contribution in [0.5, 0.6) is 5.75 Å². The summed E-state index contributed by atoms with van der Waals surface area (Å²) in [5.41, 5.74) is 3.17. The molecule has 0 aliphatic rings. The van der Waals surface area contributed by atoms with E-state index >= 15 is 0 Å². The van der Waals surface area contributed by atoms with E-state index in [-0.39, 0.29) is 0 Å². The van der Waals surface area contributed by atoms with Gasteiger partial charge in [-0.1, -0.05) is 30.4 Å². The summed E-state index contributed by atoms with van der Waals surface area (Å²) in [6.07, 6.45) is 0. The number of nitrogens with one attached hydrogen (secondary N) is 1. The van der Waals surface area contributed by atoms with Gasteiger partial charge in [0.1, 0.15) is 5.75 Å². The third kappa shape index (κ3) is 2.25. The fourth-order valence-corrected chi connectivity index (χ4v) is 2.42. The number of H-pyrrole nitrogens is 1. The summed E-state index contributed by atoms with van der Waals surface area (Å²) in [5, 5.41) is 1.08. The fourth-order valence-electron chi connectivity index (χ4n) is 2.12. The van der Waals surface area contributed by atoms with Gasteiger partial charge in [0.05, 0.1) is 7.11 Å². The molecule has 0 radical (unpaired) electrons. The van der Waals surface area contributed by atoms with Gasteiger partial charge in [-0.15, -0.1) is 0 Å². The molecule has 0 aliphatic carbocycles. The zero-order valence-electron chi connectivity index (χ0n) is 10.5. The van der Waals surface area contributed by atoms with E-state index in [9.17, 15) is 0 Å². The van der Waals surface area contributed by atoms with E-state index in [1.165, 1.54) is 0 Å². The first-order chi connectivity index (χ1) is 9.28. The number of aromatic nitrogens is 1. The second-order valence-electron chi connectivity index (χ2n) is 4.32. The fraction of sp³-hybridized carbons (Fsp3) is 0.0625. The van der Waals surface area contributed by atoms with Crippen molar-refractivity contribution in [2.45, 2.75) is 0 Å². The largest absolute Gasteiger partial charge is 0.497 e. The molecule has 0 saturated carbocycles. The van der Waals surface area contributed by atoms with Crippen LogP contribution in [0.4, 0.5) is 0 Å². The maximum atomic E-state index is 5.45. The van der Waals surface area contributed by atoms with Gasteiger partial charge in [0.2, 0.25) is 0 Å². The van der Waals surface area contributed by atoms with Crippen LogP contribution in [0.1, 0.15) is 0 Å². The van der Waals surface area contributed by atoms with Crippen LogP contribution in [-0.4, -0.2) is 12.1 Å². The predicted molar refractivity (Wildman–Crippen MR) is 81.1 cm³/mol. The first-order valence-electron chi connectivity index (χ1n) is 6.04. The molecular formula is C16H13NOS. The molecule has 94 valence electrons. The number of benzene rings is 2. The second-order valence-corrected chi connectivity index (χ2v) is 4.76. The number of rotatable bonds is 2. The Hall–Kier alpha value is -2.13. The maximum Gasteiger partial charge on any atom is 0.118 e. The van der Waals surface area contributed by atoms with Gasteiger partial charge >= 0.3 is 0 Å². The van der Waals surface area contributed by atoms with Gasteiger partial charge in [-0.3, -0.25) is 0 Å². The highest BCUT2D eigenvalue weighted by Gasteiger charge is 2.02. The van der Waals surface area contributed by atoms with Crippen molar-refractivity contribution in [1.29, 1.82) is 0 Å². The Kier molecular flexibility index (Phi) is 3.05. The number of aromatic amines is 1. The summed E-state index contributed by atoms with van der Waals surface area (Å²) < 4.78 is 6.03. The number of pyridine rings is 1. The molecule has 2 nitrogen and oxygen atoms in total. The van der Waals surface area contributed by atoms with Crippen molar-refractivity contribution in [3.05, 3.63) is 59.1 Å².